The van der Waals surface area contributed by atoms with Crippen molar-refractivity contribution in [3.05, 3.63) is 259 Å². The normalized spacial score (nSPS) is 12.2. The lowest BCUT2D eigenvalue weighted by Gasteiger charge is -2.28. The number of hydrogen-bond acceptors (Lipinski definition) is 2. The number of imidazole rings is 1. The third kappa shape index (κ3) is 8.63. The van der Waals surface area contributed by atoms with Crippen molar-refractivity contribution in [1.29, 1.82) is 0 Å². The molecule has 8 aromatic carbocycles. The van der Waals surface area contributed by atoms with Crippen molar-refractivity contribution < 1.29 is 9.30 Å². The predicted octanol–water partition coefficient (Wildman–Crippen LogP) is 16.1. The van der Waals surface area contributed by atoms with Gasteiger partial charge < -0.3 is 4.74 Å². The van der Waals surface area contributed by atoms with Gasteiger partial charge in [0.05, 0.1) is 28.1 Å². The zero-order valence-electron chi connectivity index (χ0n) is 41.6. The van der Waals surface area contributed by atoms with Gasteiger partial charge in [-0.05, 0) is 117 Å². The molecule has 348 valence electrons. The molecule has 0 atom stereocenters. The van der Waals surface area contributed by atoms with Crippen molar-refractivity contribution in [2.75, 3.05) is 0 Å². The molecule has 0 saturated heterocycles. The van der Waals surface area contributed by atoms with E-state index in [0.29, 0.717) is 0 Å². The van der Waals surface area contributed by atoms with E-state index in [-0.39, 0.29) is 10.8 Å². The quantitative estimate of drug-likeness (QED) is 0.0957. The Hall–Kier alpha value is -8.28. The molecule has 71 heavy (non-hydrogen) atoms. The van der Waals surface area contributed by atoms with Crippen LogP contribution in [0.15, 0.2) is 225 Å². The summed E-state index contributed by atoms with van der Waals surface area (Å²) in [6.45, 7) is 15.9. The van der Waals surface area contributed by atoms with Gasteiger partial charge in [-0.3, -0.25) is 13.7 Å². The van der Waals surface area contributed by atoms with Crippen LogP contribution in [0.1, 0.15) is 76.4 Å². The number of benzene rings is 8. The molecule has 11 aromatic rings. The van der Waals surface area contributed by atoms with Gasteiger partial charge in [-0.15, -0.1) is 0 Å². The fourth-order valence-electron chi connectivity index (χ4n) is 10.0. The van der Waals surface area contributed by atoms with E-state index < -0.39 is 5.41 Å². The molecule has 0 aliphatic carbocycles. The zero-order valence-corrected chi connectivity index (χ0v) is 41.6. The number of fused-ring (bicyclic) bond motifs is 3. The van der Waals surface area contributed by atoms with Crippen LogP contribution in [0.3, 0.4) is 0 Å². The van der Waals surface area contributed by atoms with E-state index >= 15 is 0 Å². The summed E-state index contributed by atoms with van der Waals surface area (Å²) < 4.78 is 13.6. The van der Waals surface area contributed by atoms with Gasteiger partial charge in [-0.2, -0.15) is 0 Å². The minimum absolute atomic E-state index is 0.0444. The van der Waals surface area contributed by atoms with E-state index in [9.17, 15) is 0 Å². The van der Waals surface area contributed by atoms with Crippen LogP contribution >= 0.6 is 0 Å². The van der Waals surface area contributed by atoms with E-state index in [1.54, 1.807) is 0 Å². The van der Waals surface area contributed by atoms with Crippen LogP contribution in [0.25, 0.3) is 61.3 Å². The molecule has 0 N–H and O–H groups in total. The van der Waals surface area contributed by atoms with Gasteiger partial charge in [0, 0.05) is 40.1 Å². The second-order valence-electron chi connectivity index (χ2n) is 20.8. The second-order valence-corrected chi connectivity index (χ2v) is 20.8. The van der Waals surface area contributed by atoms with Crippen LogP contribution in [0.4, 0.5) is 0 Å². The van der Waals surface area contributed by atoms with Crippen molar-refractivity contribution in [2.24, 2.45) is 0 Å². The molecule has 0 aliphatic heterocycles. The van der Waals surface area contributed by atoms with Gasteiger partial charge in [0.1, 0.15) is 17.3 Å². The van der Waals surface area contributed by atoms with E-state index in [2.05, 4.69) is 281 Å². The minimum Gasteiger partial charge on any atom is -0.458 e. The largest absolute Gasteiger partial charge is 0.458 e. The number of nitrogens with zero attached hydrogens (tertiary/aromatic N) is 4. The fourth-order valence-corrected chi connectivity index (χ4v) is 10.0. The SMILES string of the molecule is CC(C)(C)c1ccnc(-n2c3ccc(-c4ccccc4)cc3c3ccc(Oc4cccc(-n5[c-][n+](-c6cc(-c7ccccc7)cc(C(C)(C)c7ccccc7)c6)cc5C(C)(C)c5ccccc5)c4)cc32)c1. The van der Waals surface area contributed by atoms with Crippen LogP contribution < -0.4 is 9.30 Å². The van der Waals surface area contributed by atoms with Crippen molar-refractivity contribution >= 4 is 21.8 Å². The van der Waals surface area contributed by atoms with Gasteiger partial charge in [-0.1, -0.05) is 188 Å². The van der Waals surface area contributed by atoms with Gasteiger partial charge in [0.2, 0.25) is 0 Å². The number of hydrogen-bond donors (Lipinski definition) is 0. The summed E-state index contributed by atoms with van der Waals surface area (Å²) in [5.41, 5.74) is 14.0. The summed E-state index contributed by atoms with van der Waals surface area (Å²) in [6.07, 6.45) is 8.02. The monoisotopic (exact) mass is 922 g/mol. The molecule has 0 amide bonds. The Morgan fingerprint density at radius 1 is 0.451 bits per heavy atom. The molecule has 0 bridgehead atoms. The topological polar surface area (TPSA) is 35.9 Å². The molecular formula is C66H58N4O. The van der Waals surface area contributed by atoms with Crippen molar-refractivity contribution in [2.45, 2.75) is 64.7 Å². The van der Waals surface area contributed by atoms with Crippen LogP contribution in [-0.4, -0.2) is 14.1 Å². The third-order valence-electron chi connectivity index (χ3n) is 14.4. The molecular weight excluding hydrogens is 865 g/mol. The smallest absolute Gasteiger partial charge is 0.269 e. The minimum atomic E-state index is -0.403. The Labute approximate surface area is 418 Å². The summed E-state index contributed by atoms with van der Waals surface area (Å²) in [4.78, 5) is 4.97. The number of ether oxygens (including phenoxy) is 1. The van der Waals surface area contributed by atoms with E-state index in [1.807, 2.05) is 12.3 Å². The second kappa shape index (κ2) is 17.9. The van der Waals surface area contributed by atoms with Crippen molar-refractivity contribution in [1.82, 2.24) is 14.1 Å². The van der Waals surface area contributed by atoms with Crippen LogP contribution in [0, 0.1) is 6.33 Å². The molecule has 0 saturated carbocycles. The summed E-state index contributed by atoms with van der Waals surface area (Å²) in [5, 5.41) is 2.29. The summed E-state index contributed by atoms with van der Waals surface area (Å²) in [5.74, 6) is 2.33. The highest BCUT2D eigenvalue weighted by Gasteiger charge is 2.30. The number of rotatable bonds is 11. The zero-order chi connectivity index (χ0) is 48.9. The average molecular weight is 923 g/mol. The molecule has 0 unspecified atom stereocenters. The molecule has 5 heteroatoms. The lowest BCUT2D eigenvalue weighted by Crippen LogP contribution is -2.30. The summed E-state index contributed by atoms with van der Waals surface area (Å²) in [6, 6.07) is 75.6. The molecule has 3 aromatic heterocycles. The molecule has 0 spiro atoms. The summed E-state index contributed by atoms with van der Waals surface area (Å²) in [7, 11) is 0. The molecule has 0 aliphatic rings. The van der Waals surface area contributed by atoms with Gasteiger partial charge in [0.15, 0.2) is 0 Å². The van der Waals surface area contributed by atoms with E-state index in [0.717, 1.165) is 61.8 Å². The van der Waals surface area contributed by atoms with Crippen LogP contribution in [0.2, 0.25) is 0 Å². The number of pyridine rings is 1. The van der Waals surface area contributed by atoms with Crippen molar-refractivity contribution in [3.8, 4) is 50.9 Å². The maximum Gasteiger partial charge on any atom is 0.269 e. The molecule has 0 radical (unpaired) electrons. The molecule has 11 rings (SSSR count). The molecule has 0 fully saturated rings. The van der Waals surface area contributed by atoms with Crippen LogP contribution in [0.5, 0.6) is 11.5 Å². The highest BCUT2D eigenvalue weighted by Crippen LogP contribution is 2.40. The summed E-state index contributed by atoms with van der Waals surface area (Å²) >= 11 is 0. The van der Waals surface area contributed by atoms with Crippen molar-refractivity contribution in [3.63, 3.8) is 0 Å². The Balaban J connectivity index is 1.03. The Morgan fingerprint density at radius 3 is 1.76 bits per heavy atom. The predicted molar refractivity (Wildman–Crippen MR) is 291 cm³/mol. The number of aromatic nitrogens is 4. The Morgan fingerprint density at radius 2 is 1.08 bits per heavy atom. The maximum atomic E-state index is 6.90. The highest BCUT2D eigenvalue weighted by molar-refractivity contribution is 6.10. The first-order valence-electron chi connectivity index (χ1n) is 24.6. The third-order valence-corrected chi connectivity index (χ3v) is 14.4. The first kappa shape index (κ1) is 45.2. The standard InChI is InChI=1S/C66H58N4O/c1-64(2,3)52-35-36-67-63(41-52)70-60-34-31-48(46-21-12-8-13-22-46)39-59(60)58-33-32-57(43-61(58)70)71-56-30-20-29-54(42-56)69-45-68(44-62(69)66(6,7)51-27-18-11-19-28-51)55-38-49(47-23-14-9-15-24-47)37-53(40-55)65(4,5)50-25-16-10-17-26-50/h8-44H,1-7H3. The Kier molecular flexibility index (Phi) is 11.4. The maximum absolute atomic E-state index is 6.90. The lowest BCUT2D eigenvalue weighted by atomic mass is 9.77. The van der Waals surface area contributed by atoms with E-state index in [1.165, 1.54) is 38.9 Å². The first-order chi connectivity index (χ1) is 34.3. The molecule has 5 nitrogen and oxygen atoms in total. The van der Waals surface area contributed by atoms with Gasteiger partial charge in [0.25, 0.3) is 6.33 Å². The molecule has 3 heterocycles. The lowest BCUT2D eigenvalue weighted by molar-refractivity contribution is -0.599. The first-order valence-corrected chi connectivity index (χ1v) is 24.6. The average Bonchev–Trinajstić information content (AvgIpc) is 4.00. The van der Waals surface area contributed by atoms with Crippen LogP contribution in [-0.2, 0) is 16.2 Å². The van der Waals surface area contributed by atoms with Gasteiger partial charge >= 0.3 is 0 Å². The fraction of sp³-hybridized carbons (Fsp3) is 0.152. The highest BCUT2D eigenvalue weighted by atomic mass is 16.5. The Bertz CT molecular complexity index is 3690. The van der Waals surface area contributed by atoms with Gasteiger partial charge in [-0.25, -0.2) is 4.98 Å². The van der Waals surface area contributed by atoms with E-state index in [4.69, 9.17) is 9.72 Å².